The van der Waals surface area contributed by atoms with Crippen molar-refractivity contribution < 1.29 is 32.2 Å². The molecule has 2 aliphatic heterocycles. The molecule has 0 atom stereocenters. The van der Waals surface area contributed by atoms with Crippen LogP contribution >= 0.6 is 0 Å². The molecule has 40 heavy (non-hydrogen) atoms. The van der Waals surface area contributed by atoms with Crippen LogP contribution in [0.4, 0.5) is 11.4 Å². The SMILES string of the molecule is COCCCN1C(=O)c2cccc3c(NC(=O)C4CCN(S(=O)(=O)c5ccc(OC)c(OC)c5)CC4)ccc1c23. The summed E-state index contributed by atoms with van der Waals surface area (Å²) in [4.78, 5) is 28.2. The summed E-state index contributed by atoms with van der Waals surface area (Å²) in [6, 6.07) is 13.8. The maximum Gasteiger partial charge on any atom is 0.258 e. The summed E-state index contributed by atoms with van der Waals surface area (Å²) in [6.45, 7) is 1.56. The summed E-state index contributed by atoms with van der Waals surface area (Å²) in [7, 11) is 0.826. The average Bonchev–Trinajstić information content (AvgIpc) is 3.25. The number of carbonyl (C=O) groups excluding carboxylic acids is 2. The highest BCUT2D eigenvalue weighted by molar-refractivity contribution is 7.89. The van der Waals surface area contributed by atoms with Crippen LogP contribution in [0.5, 0.6) is 11.5 Å². The van der Waals surface area contributed by atoms with Crippen LogP contribution in [0, 0.1) is 5.92 Å². The molecule has 5 rings (SSSR count). The van der Waals surface area contributed by atoms with E-state index >= 15 is 0 Å². The second kappa shape index (κ2) is 11.4. The Morgan fingerprint density at radius 2 is 1.75 bits per heavy atom. The Bertz CT molecular complexity index is 1550. The molecule has 1 N–H and O–H groups in total. The van der Waals surface area contributed by atoms with Gasteiger partial charge < -0.3 is 24.4 Å². The van der Waals surface area contributed by atoms with Crippen molar-refractivity contribution in [2.24, 2.45) is 5.92 Å². The fourth-order valence-electron chi connectivity index (χ4n) is 5.46. The van der Waals surface area contributed by atoms with Gasteiger partial charge in [-0.25, -0.2) is 8.42 Å². The third kappa shape index (κ3) is 5.00. The quantitative estimate of drug-likeness (QED) is 0.370. The topological polar surface area (TPSA) is 114 Å². The predicted molar refractivity (Wildman–Crippen MR) is 152 cm³/mol. The summed E-state index contributed by atoms with van der Waals surface area (Å²) in [5, 5.41) is 4.68. The largest absolute Gasteiger partial charge is 0.493 e. The first-order valence-electron chi connectivity index (χ1n) is 13.2. The van der Waals surface area contributed by atoms with Crippen molar-refractivity contribution in [3.63, 3.8) is 0 Å². The van der Waals surface area contributed by atoms with Gasteiger partial charge in [0.1, 0.15) is 0 Å². The third-order valence-corrected chi connectivity index (χ3v) is 9.49. The highest BCUT2D eigenvalue weighted by atomic mass is 32.2. The Morgan fingerprint density at radius 1 is 1.00 bits per heavy atom. The molecule has 0 aliphatic carbocycles. The smallest absolute Gasteiger partial charge is 0.258 e. The molecule has 0 aromatic heterocycles. The molecule has 2 amide bonds. The van der Waals surface area contributed by atoms with E-state index in [2.05, 4.69) is 5.32 Å². The molecule has 2 aliphatic rings. The molecular formula is C29H33N3O7S. The number of anilines is 2. The van der Waals surface area contributed by atoms with Crippen molar-refractivity contribution in [2.45, 2.75) is 24.2 Å². The predicted octanol–water partition coefficient (Wildman–Crippen LogP) is 3.89. The number of ether oxygens (including phenoxy) is 3. The van der Waals surface area contributed by atoms with Crippen LogP contribution in [0.15, 0.2) is 53.4 Å². The van der Waals surface area contributed by atoms with Gasteiger partial charge in [-0.3, -0.25) is 9.59 Å². The van der Waals surface area contributed by atoms with E-state index in [-0.39, 0.29) is 35.7 Å². The van der Waals surface area contributed by atoms with Gasteiger partial charge in [-0.2, -0.15) is 4.31 Å². The number of rotatable bonds is 10. The molecule has 1 saturated heterocycles. The number of benzene rings is 3. The fraction of sp³-hybridized carbons (Fsp3) is 0.379. The minimum Gasteiger partial charge on any atom is -0.493 e. The summed E-state index contributed by atoms with van der Waals surface area (Å²) in [5.41, 5.74) is 2.09. The number of hydrogen-bond donors (Lipinski definition) is 1. The molecule has 0 bridgehead atoms. The van der Waals surface area contributed by atoms with Crippen LogP contribution in [0.25, 0.3) is 10.8 Å². The standard InChI is InChI=1S/C29H33N3O7S/c1-37-17-5-14-32-24-10-9-23(21-6-4-7-22(27(21)24)29(32)34)30-28(33)19-12-15-31(16-13-19)40(35,36)20-8-11-25(38-2)26(18-20)39-3/h4,6-11,18-19H,5,12-17H2,1-3H3,(H,30,33). The molecule has 0 unspecified atom stereocenters. The summed E-state index contributed by atoms with van der Waals surface area (Å²) in [5.74, 6) is 0.228. The van der Waals surface area contributed by atoms with E-state index in [9.17, 15) is 18.0 Å². The van der Waals surface area contributed by atoms with Gasteiger partial charge in [-0.15, -0.1) is 0 Å². The minimum absolute atomic E-state index is 0.0526. The zero-order chi connectivity index (χ0) is 28.4. The number of carbonyl (C=O) groups is 2. The molecule has 212 valence electrons. The first-order chi connectivity index (χ1) is 19.3. The van der Waals surface area contributed by atoms with Gasteiger partial charge in [-0.1, -0.05) is 12.1 Å². The van der Waals surface area contributed by atoms with Crippen molar-refractivity contribution >= 4 is 44.0 Å². The molecule has 0 radical (unpaired) electrons. The third-order valence-electron chi connectivity index (χ3n) is 7.59. The Hall–Kier alpha value is -3.67. The number of piperidine rings is 1. The summed E-state index contributed by atoms with van der Waals surface area (Å²) in [6.07, 6.45) is 1.51. The van der Waals surface area contributed by atoms with E-state index in [0.29, 0.717) is 48.7 Å². The molecule has 11 heteroatoms. The molecule has 3 aromatic carbocycles. The first kappa shape index (κ1) is 27.9. The van der Waals surface area contributed by atoms with Crippen LogP contribution in [-0.2, 0) is 19.6 Å². The van der Waals surface area contributed by atoms with Crippen molar-refractivity contribution in [2.75, 3.05) is 57.8 Å². The lowest BCUT2D eigenvalue weighted by Crippen LogP contribution is -2.41. The van der Waals surface area contributed by atoms with Crippen LogP contribution in [0.1, 0.15) is 29.6 Å². The zero-order valence-electron chi connectivity index (χ0n) is 22.8. The maximum absolute atomic E-state index is 13.3. The number of nitrogens with one attached hydrogen (secondary N) is 1. The van der Waals surface area contributed by atoms with Gasteiger partial charge in [0.2, 0.25) is 15.9 Å². The Labute approximate surface area is 233 Å². The van der Waals surface area contributed by atoms with Crippen LogP contribution < -0.4 is 19.7 Å². The van der Waals surface area contributed by atoms with Crippen molar-refractivity contribution in [1.29, 1.82) is 0 Å². The van der Waals surface area contributed by atoms with E-state index in [0.717, 1.165) is 22.9 Å². The van der Waals surface area contributed by atoms with Crippen LogP contribution in [0.3, 0.4) is 0 Å². The lowest BCUT2D eigenvalue weighted by atomic mass is 9.96. The summed E-state index contributed by atoms with van der Waals surface area (Å²) >= 11 is 0. The highest BCUT2D eigenvalue weighted by Gasteiger charge is 2.34. The lowest BCUT2D eigenvalue weighted by molar-refractivity contribution is -0.120. The second-order valence-corrected chi connectivity index (χ2v) is 11.8. The Kier molecular flexibility index (Phi) is 7.97. The van der Waals surface area contributed by atoms with Gasteiger partial charge in [0.05, 0.1) is 24.8 Å². The van der Waals surface area contributed by atoms with Crippen molar-refractivity contribution in [1.82, 2.24) is 4.31 Å². The Balaban J connectivity index is 1.28. The lowest BCUT2D eigenvalue weighted by Gasteiger charge is -2.30. The molecule has 2 heterocycles. The Morgan fingerprint density at radius 3 is 2.45 bits per heavy atom. The molecule has 10 nitrogen and oxygen atoms in total. The second-order valence-electron chi connectivity index (χ2n) is 9.85. The van der Waals surface area contributed by atoms with Gasteiger partial charge >= 0.3 is 0 Å². The maximum atomic E-state index is 13.3. The van der Waals surface area contributed by atoms with Gasteiger partial charge in [-0.05, 0) is 49.6 Å². The monoisotopic (exact) mass is 567 g/mol. The average molecular weight is 568 g/mol. The van der Waals surface area contributed by atoms with Gasteiger partial charge in [0.15, 0.2) is 11.5 Å². The molecule has 0 saturated carbocycles. The van der Waals surface area contributed by atoms with Crippen molar-refractivity contribution in [3.8, 4) is 11.5 Å². The number of sulfonamides is 1. The highest BCUT2D eigenvalue weighted by Crippen LogP contribution is 2.41. The van der Waals surface area contributed by atoms with E-state index in [1.165, 1.54) is 30.7 Å². The number of nitrogens with zero attached hydrogens (tertiary/aromatic N) is 2. The summed E-state index contributed by atoms with van der Waals surface area (Å²) < 4.78 is 43.5. The minimum atomic E-state index is -3.76. The molecule has 1 fully saturated rings. The number of hydrogen-bond acceptors (Lipinski definition) is 7. The van der Waals surface area contributed by atoms with Gasteiger partial charge in [0, 0.05) is 67.4 Å². The number of methoxy groups -OCH3 is 3. The zero-order valence-corrected chi connectivity index (χ0v) is 23.6. The molecule has 3 aromatic rings. The molecular weight excluding hydrogens is 534 g/mol. The van der Waals surface area contributed by atoms with Crippen molar-refractivity contribution in [3.05, 3.63) is 54.1 Å². The normalized spacial score (nSPS) is 16.0. The van der Waals surface area contributed by atoms with E-state index in [4.69, 9.17) is 14.2 Å². The fourth-order valence-corrected chi connectivity index (χ4v) is 6.95. The van der Waals surface area contributed by atoms with E-state index in [1.54, 1.807) is 18.1 Å². The van der Waals surface area contributed by atoms with E-state index in [1.807, 2.05) is 30.3 Å². The van der Waals surface area contributed by atoms with Gasteiger partial charge in [0.25, 0.3) is 5.91 Å². The first-order valence-corrected chi connectivity index (χ1v) is 14.6. The molecule has 0 spiro atoms. The van der Waals surface area contributed by atoms with Crippen LogP contribution in [0.2, 0.25) is 0 Å². The number of amides is 2. The van der Waals surface area contributed by atoms with Crippen LogP contribution in [-0.4, -0.2) is 72.1 Å². The van der Waals surface area contributed by atoms with E-state index < -0.39 is 10.0 Å².